The number of nitrogens with zero attached hydrogens (tertiary/aromatic N) is 1. The molecule has 1 saturated carbocycles. The third kappa shape index (κ3) is 2.54. The highest BCUT2D eigenvalue weighted by atomic mass is 19.1. The highest BCUT2D eigenvalue weighted by Gasteiger charge is 2.25. The summed E-state index contributed by atoms with van der Waals surface area (Å²) in [7, 11) is 0. The Labute approximate surface area is 99.0 Å². The molecule has 0 bridgehead atoms. The number of hydrogen-bond acceptors (Lipinski definition) is 3. The van der Waals surface area contributed by atoms with Crippen molar-refractivity contribution in [2.75, 3.05) is 5.32 Å². The molecule has 5 heteroatoms. The molecule has 1 aliphatic rings. The Hall–Kier alpha value is -1.65. The lowest BCUT2D eigenvalue weighted by atomic mass is 10.1. The minimum absolute atomic E-state index is 0.213. The zero-order valence-corrected chi connectivity index (χ0v) is 9.65. The SMILES string of the molecule is CC1CCC(Nc2cccc(F)c2[N+](=O)[O-])C1. The minimum atomic E-state index is -0.786. The topological polar surface area (TPSA) is 55.2 Å². The summed E-state index contributed by atoms with van der Waals surface area (Å²) >= 11 is 0. The van der Waals surface area contributed by atoms with Gasteiger partial charge in [-0.1, -0.05) is 13.0 Å². The highest BCUT2D eigenvalue weighted by molar-refractivity contribution is 5.62. The van der Waals surface area contributed by atoms with Gasteiger partial charge in [0.05, 0.1) is 4.92 Å². The lowest BCUT2D eigenvalue weighted by Crippen LogP contribution is -2.16. The molecule has 1 aromatic rings. The summed E-state index contributed by atoms with van der Waals surface area (Å²) in [5, 5.41) is 13.9. The van der Waals surface area contributed by atoms with Gasteiger partial charge in [-0.3, -0.25) is 10.1 Å². The van der Waals surface area contributed by atoms with Crippen molar-refractivity contribution in [3.8, 4) is 0 Å². The zero-order valence-electron chi connectivity index (χ0n) is 9.65. The van der Waals surface area contributed by atoms with Crippen LogP contribution >= 0.6 is 0 Å². The standard InChI is InChI=1S/C12H15FN2O2/c1-8-5-6-9(7-8)14-11-4-2-3-10(13)12(11)15(16)17/h2-4,8-9,14H,5-7H2,1H3. The smallest absolute Gasteiger partial charge is 0.327 e. The van der Waals surface area contributed by atoms with Gasteiger partial charge in [0.2, 0.25) is 5.82 Å². The number of nitro benzene ring substituents is 1. The van der Waals surface area contributed by atoms with Crippen LogP contribution in [0.1, 0.15) is 26.2 Å². The first-order valence-electron chi connectivity index (χ1n) is 5.77. The van der Waals surface area contributed by atoms with Gasteiger partial charge in [0.1, 0.15) is 5.69 Å². The molecule has 1 aromatic carbocycles. The third-order valence-corrected chi connectivity index (χ3v) is 3.22. The second-order valence-corrected chi connectivity index (χ2v) is 4.65. The number of halogens is 1. The molecule has 0 heterocycles. The van der Waals surface area contributed by atoms with Gasteiger partial charge in [-0.15, -0.1) is 0 Å². The zero-order chi connectivity index (χ0) is 12.4. The molecule has 2 rings (SSSR count). The molecule has 2 unspecified atom stereocenters. The van der Waals surface area contributed by atoms with Crippen molar-refractivity contribution in [2.24, 2.45) is 5.92 Å². The van der Waals surface area contributed by atoms with Crippen LogP contribution in [0.5, 0.6) is 0 Å². The predicted octanol–water partition coefficient (Wildman–Crippen LogP) is 3.33. The second-order valence-electron chi connectivity index (χ2n) is 4.65. The fraction of sp³-hybridized carbons (Fsp3) is 0.500. The maximum atomic E-state index is 13.4. The number of benzene rings is 1. The number of nitro groups is 1. The van der Waals surface area contributed by atoms with Crippen molar-refractivity contribution in [1.29, 1.82) is 0 Å². The van der Waals surface area contributed by atoms with Gasteiger partial charge in [0.25, 0.3) is 0 Å². The van der Waals surface area contributed by atoms with E-state index in [0.29, 0.717) is 5.92 Å². The molecule has 1 fully saturated rings. The molecule has 1 aliphatic carbocycles. The first-order valence-corrected chi connectivity index (χ1v) is 5.77. The fourth-order valence-electron chi connectivity index (χ4n) is 2.38. The Morgan fingerprint density at radius 2 is 2.24 bits per heavy atom. The first kappa shape index (κ1) is 11.8. The van der Waals surface area contributed by atoms with Crippen LogP contribution in [0.2, 0.25) is 0 Å². The monoisotopic (exact) mass is 238 g/mol. The lowest BCUT2D eigenvalue weighted by Gasteiger charge is -2.14. The van der Waals surface area contributed by atoms with Gasteiger partial charge in [0, 0.05) is 6.04 Å². The second kappa shape index (κ2) is 4.69. The summed E-state index contributed by atoms with van der Waals surface area (Å²) in [6.07, 6.45) is 3.07. The average Bonchev–Trinajstić information content (AvgIpc) is 2.63. The van der Waals surface area contributed by atoms with Gasteiger partial charge < -0.3 is 5.32 Å². The summed E-state index contributed by atoms with van der Waals surface area (Å²) in [4.78, 5) is 10.1. The van der Waals surface area contributed by atoms with E-state index in [0.717, 1.165) is 25.3 Å². The normalized spacial score (nSPS) is 23.6. The van der Waals surface area contributed by atoms with Gasteiger partial charge in [-0.25, -0.2) is 0 Å². The number of rotatable bonds is 3. The van der Waals surface area contributed by atoms with Crippen LogP contribution in [0.3, 0.4) is 0 Å². The molecule has 0 radical (unpaired) electrons. The molecular formula is C12H15FN2O2. The fourth-order valence-corrected chi connectivity index (χ4v) is 2.38. The van der Waals surface area contributed by atoms with Crippen molar-refractivity contribution < 1.29 is 9.31 Å². The highest BCUT2D eigenvalue weighted by Crippen LogP contribution is 2.32. The van der Waals surface area contributed by atoms with E-state index >= 15 is 0 Å². The third-order valence-electron chi connectivity index (χ3n) is 3.22. The van der Waals surface area contributed by atoms with Gasteiger partial charge in [-0.2, -0.15) is 4.39 Å². The van der Waals surface area contributed by atoms with E-state index in [-0.39, 0.29) is 11.7 Å². The number of nitrogens with one attached hydrogen (secondary N) is 1. The maximum absolute atomic E-state index is 13.4. The van der Waals surface area contributed by atoms with E-state index in [4.69, 9.17) is 0 Å². The number of hydrogen-bond donors (Lipinski definition) is 1. The molecule has 0 saturated heterocycles. The van der Waals surface area contributed by atoms with Crippen molar-refractivity contribution in [3.05, 3.63) is 34.1 Å². The van der Waals surface area contributed by atoms with E-state index < -0.39 is 16.4 Å². The molecule has 0 aliphatic heterocycles. The van der Waals surface area contributed by atoms with Crippen LogP contribution in [0.15, 0.2) is 18.2 Å². The summed E-state index contributed by atoms with van der Waals surface area (Å²) in [5.41, 5.74) is -0.166. The van der Waals surface area contributed by atoms with E-state index in [1.165, 1.54) is 6.07 Å². The van der Waals surface area contributed by atoms with Crippen LogP contribution in [-0.4, -0.2) is 11.0 Å². The Morgan fingerprint density at radius 3 is 2.82 bits per heavy atom. The summed E-state index contributed by atoms with van der Waals surface area (Å²) in [5.74, 6) is -0.161. The Bertz CT molecular complexity index is 437. The molecule has 0 amide bonds. The van der Waals surface area contributed by atoms with Crippen molar-refractivity contribution in [3.63, 3.8) is 0 Å². The predicted molar refractivity (Wildman–Crippen MR) is 63.5 cm³/mol. The largest absolute Gasteiger partial charge is 0.377 e. The van der Waals surface area contributed by atoms with Gasteiger partial charge in [0.15, 0.2) is 0 Å². The first-order chi connectivity index (χ1) is 8.08. The Kier molecular flexibility index (Phi) is 3.26. The quantitative estimate of drug-likeness (QED) is 0.649. The molecule has 0 aromatic heterocycles. The number of anilines is 1. The van der Waals surface area contributed by atoms with E-state index in [1.807, 2.05) is 0 Å². The Morgan fingerprint density at radius 1 is 1.47 bits per heavy atom. The molecule has 2 atom stereocenters. The molecule has 92 valence electrons. The Balaban J connectivity index is 2.20. The van der Waals surface area contributed by atoms with Gasteiger partial charge >= 0.3 is 5.69 Å². The average molecular weight is 238 g/mol. The maximum Gasteiger partial charge on any atom is 0.327 e. The van der Waals surface area contributed by atoms with E-state index in [1.54, 1.807) is 6.07 Å². The van der Waals surface area contributed by atoms with Crippen molar-refractivity contribution in [2.45, 2.75) is 32.2 Å². The minimum Gasteiger partial charge on any atom is -0.377 e. The van der Waals surface area contributed by atoms with Crippen LogP contribution in [0.25, 0.3) is 0 Å². The van der Waals surface area contributed by atoms with Crippen LogP contribution in [0.4, 0.5) is 15.8 Å². The molecule has 1 N–H and O–H groups in total. The molecule has 17 heavy (non-hydrogen) atoms. The van der Waals surface area contributed by atoms with Crippen LogP contribution < -0.4 is 5.32 Å². The van der Waals surface area contributed by atoms with Crippen molar-refractivity contribution in [1.82, 2.24) is 0 Å². The van der Waals surface area contributed by atoms with Crippen molar-refractivity contribution >= 4 is 11.4 Å². The number of para-hydroxylation sites is 1. The summed E-state index contributed by atoms with van der Waals surface area (Å²) in [6.45, 7) is 2.15. The van der Waals surface area contributed by atoms with Crippen LogP contribution in [-0.2, 0) is 0 Å². The van der Waals surface area contributed by atoms with Crippen LogP contribution in [0, 0.1) is 21.8 Å². The van der Waals surface area contributed by atoms with Gasteiger partial charge in [-0.05, 0) is 37.3 Å². The molecule has 4 nitrogen and oxygen atoms in total. The lowest BCUT2D eigenvalue weighted by molar-refractivity contribution is -0.386. The van der Waals surface area contributed by atoms with E-state index in [9.17, 15) is 14.5 Å². The summed E-state index contributed by atoms with van der Waals surface area (Å²) in [6, 6.07) is 4.37. The van der Waals surface area contributed by atoms with E-state index in [2.05, 4.69) is 12.2 Å². The summed E-state index contributed by atoms with van der Waals surface area (Å²) < 4.78 is 13.4. The molecular weight excluding hydrogens is 223 g/mol. The molecule has 0 spiro atoms.